The molecule has 0 unspecified atom stereocenters. The molecule has 0 radical (unpaired) electrons. The highest BCUT2D eigenvalue weighted by molar-refractivity contribution is 5.58. The monoisotopic (exact) mass is 228 g/mol. The third-order valence-corrected chi connectivity index (χ3v) is 2.65. The van der Waals surface area contributed by atoms with Crippen LogP contribution in [-0.2, 0) is 0 Å². The molecule has 0 aliphatic heterocycles. The van der Waals surface area contributed by atoms with Crippen molar-refractivity contribution in [1.82, 2.24) is 9.97 Å². The quantitative estimate of drug-likeness (QED) is 0.859. The molecule has 0 atom stereocenters. The number of nitrogens with one attached hydrogen (secondary N) is 1. The molecule has 17 heavy (non-hydrogen) atoms. The second-order valence-electron chi connectivity index (χ2n) is 4.54. The van der Waals surface area contributed by atoms with E-state index in [1.165, 1.54) is 11.6 Å². The van der Waals surface area contributed by atoms with Crippen molar-refractivity contribution in [3.05, 3.63) is 52.1 Å². The molecule has 2 rings (SSSR count). The van der Waals surface area contributed by atoms with E-state index in [0.717, 1.165) is 17.1 Å². The largest absolute Gasteiger partial charge is 0.310 e. The first-order chi connectivity index (χ1) is 8.06. The van der Waals surface area contributed by atoms with Gasteiger partial charge in [-0.15, -0.1) is 0 Å². The lowest BCUT2D eigenvalue weighted by molar-refractivity contribution is 0.768. The number of rotatable bonds is 2. The average molecular weight is 228 g/mol. The molecule has 3 nitrogen and oxygen atoms in total. The minimum absolute atomic E-state index is 0.0979. The smallest absolute Gasteiger partial charge is 0.251 e. The molecule has 1 aromatic carbocycles. The van der Waals surface area contributed by atoms with Crippen molar-refractivity contribution in [2.45, 2.75) is 26.7 Å². The van der Waals surface area contributed by atoms with Crippen LogP contribution in [0.5, 0.6) is 0 Å². The molecule has 0 bridgehead atoms. The molecule has 3 heteroatoms. The van der Waals surface area contributed by atoms with Crippen molar-refractivity contribution < 1.29 is 0 Å². The predicted octanol–water partition coefficient (Wildman–Crippen LogP) is 2.87. The maximum atomic E-state index is 11.6. The van der Waals surface area contributed by atoms with Crippen LogP contribution in [-0.4, -0.2) is 9.97 Å². The van der Waals surface area contributed by atoms with Gasteiger partial charge >= 0.3 is 0 Å². The molecule has 1 N–H and O–H groups in total. The summed E-state index contributed by atoms with van der Waals surface area (Å²) >= 11 is 0. The van der Waals surface area contributed by atoms with E-state index < -0.39 is 0 Å². The van der Waals surface area contributed by atoms with E-state index >= 15 is 0 Å². The van der Waals surface area contributed by atoms with Crippen LogP contribution < -0.4 is 5.56 Å². The number of H-pyrrole nitrogens is 1. The Bertz CT molecular complexity index is 568. The number of aromatic nitrogens is 2. The Morgan fingerprint density at radius 3 is 2.41 bits per heavy atom. The average Bonchev–Trinajstić information content (AvgIpc) is 2.29. The van der Waals surface area contributed by atoms with E-state index in [1.807, 2.05) is 45.0 Å². The van der Waals surface area contributed by atoms with Gasteiger partial charge in [-0.25, -0.2) is 4.98 Å². The number of benzene rings is 1. The van der Waals surface area contributed by atoms with Crippen molar-refractivity contribution in [3.8, 4) is 11.3 Å². The van der Waals surface area contributed by atoms with Gasteiger partial charge in [0.15, 0.2) is 0 Å². The summed E-state index contributed by atoms with van der Waals surface area (Å²) in [6.45, 7) is 6.06. The standard InChI is InChI=1S/C14H16N2O/c1-9(2)14-15-12(8-13(17)16-14)11-6-4-10(3)5-7-11/h4-9H,1-3H3,(H,15,16,17). The number of hydrogen-bond acceptors (Lipinski definition) is 2. The zero-order valence-corrected chi connectivity index (χ0v) is 10.3. The molecule has 0 spiro atoms. The molecule has 0 aliphatic carbocycles. The Balaban J connectivity index is 2.52. The van der Waals surface area contributed by atoms with Gasteiger partial charge in [-0.1, -0.05) is 43.7 Å². The normalized spacial score (nSPS) is 10.8. The van der Waals surface area contributed by atoms with E-state index in [2.05, 4.69) is 9.97 Å². The van der Waals surface area contributed by atoms with Crippen molar-refractivity contribution in [3.63, 3.8) is 0 Å². The van der Waals surface area contributed by atoms with E-state index in [1.54, 1.807) is 0 Å². The number of aryl methyl sites for hydroxylation is 1. The minimum Gasteiger partial charge on any atom is -0.310 e. The molecule has 0 saturated heterocycles. The lowest BCUT2D eigenvalue weighted by Crippen LogP contribution is -2.12. The summed E-state index contributed by atoms with van der Waals surface area (Å²) in [5.74, 6) is 0.946. The summed E-state index contributed by atoms with van der Waals surface area (Å²) in [5, 5.41) is 0. The van der Waals surface area contributed by atoms with Crippen molar-refractivity contribution in [2.24, 2.45) is 0 Å². The van der Waals surface area contributed by atoms with E-state index in [9.17, 15) is 4.79 Å². The van der Waals surface area contributed by atoms with Gasteiger partial charge in [0.1, 0.15) is 5.82 Å². The van der Waals surface area contributed by atoms with Gasteiger partial charge in [0.25, 0.3) is 5.56 Å². The molecule has 0 saturated carbocycles. The van der Waals surface area contributed by atoms with Gasteiger partial charge < -0.3 is 4.98 Å². The maximum absolute atomic E-state index is 11.6. The van der Waals surface area contributed by atoms with Crippen molar-refractivity contribution in [1.29, 1.82) is 0 Å². The van der Waals surface area contributed by atoms with Crippen LogP contribution in [0.3, 0.4) is 0 Å². The Kier molecular flexibility index (Phi) is 3.09. The summed E-state index contributed by atoms with van der Waals surface area (Å²) in [7, 11) is 0. The molecule has 2 aromatic rings. The number of aromatic amines is 1. The van der Waals surface area contributed by atoms with Gasteiger partial charge in [-0.2, -0.15) is 0 Å². The van der Waals surface area contributed by atoms with Gasteiger partial charge in [-0.05, 0) is 6.92 Å². The van der Waals surface area contributed by atoms with Crippen LogP contribution >= 0.6 is 0 Å². The third-order valence-electron chi connectivity index (χ3n) is 2.65. The highest BCUT2D eigenvalue weighted by atomic mass is 16.1. The van der Waals surface area contributed by atoms with Crippen LogP contribution in [0.4, 0.5) is 0 Å². The van der Waals surface area contributed by atoms with Crippen LogP contribution in [0, 0.1) is 6.92 Å². The number of nitrogens with zero attached hydrogens (tertiary/aromatic N) is 1. The lowest BCUT2D eigenvalue weighted by Gasteiger charge is -2.07. The van der Waals surface area contributed by atoms with Crippen LogP contribution in [0.25, 0.3) is 11.3 Å². The van der Waals surface area contributed by atoms with Gasteiger partial charge in [0.2, 0.25) is 0 Å². The third kappa shape index (κ3) is 2.61. The maximum Gasteiger partial charge on any atom is 0.251 e. The minimum atomic E-state index is -0.0979. The summed E-state index contributed by atoms with van der Waals surface area (Å²) in [4.78, 5) is 18.8. The highest BCUT2D eigenvalue weighted by Gasteiger charge is 2.06. The van der Waals surface area contributed by atoms with E-state index in [-0.39, 0.29) is 11.5 Å². The summed E-state index contributed by atoms with van der Waals surface area (Å²) < 4.78 is 0. The summed E-state index contributed by atoms with van der Waals surface area (Å²) in [5.41, 5.74) is 2.81. The molecule has 0 fully saturated rings. The van der Waals surface area contributed by atoms with Crippen molar-refractivity contribution >= 4 is 0 Å². The Labute approximate surface area is 101 Å². The lowest BCUT2D eigenvalue weighted by atomic mass is 10.1. The first-order valence-electron chi connectivity index (χ1n) is 5.74. The van der Waals surface area contributed by atoms with Crippen LogP contribution in [0.2, 0.25) is 0 Å². The first-order valence-corrected chi connectivity index (χ1v) is 5.74. The molecule has 1 heterocycles. The van der Waals surface area contributed by atoms with Crippen LogP contribution in [0.1, 0.15) is 31.2 Å². The Hall–Kier alpha value is -1.90. The fourth-order valence-corrected chi connectivity index (χ4v) is 1.62. The molecule has 1 aromatic heterocycles. The predicted molar refractivity (Wildman–Crippen MR) is 69.1 cm³/mol. The Morgan fingerprint density at radius 2 is 1.82 bits per heavy atom. The zero-order valence-electron chi connectivity index (χ0n) is 10.3. The molecular formula is C14H16N2O. The summed E-state index contributed by atoms with van der Waals surface area (Å²) in [6, 6.07) is 9.56. The Morgan fingerprint density at radius 1 is 1.18 bits per heavy atom. The van der Waals surface area contributed by atoms with E-state index in [4.69, 9.17) is 0 Å². The van der Waals surface area contributed by atoms with Gasteiger partial charge in [0, 0.05) is 17.5 Å². The second kappa shape index (κ2) is 4.53. The fourth-order valence-electron chi connectivity index (χ4n) is 1.62. The highest BCUT2D eigenvalue weighted by Crippen LogP contribution is 2.17. The molecule has 0 aliphatic rings. The molecular weight excluding hydrogens is 212 g/mol. The fraction of sp³-hybridized carbons (Fsp3) is 0.286. The zero-order chi connectivity index (χ0) is 12.4. The second-order valence-corrected chi connectivity index (χ2v) is 4.54. The van der Waals surface area contributed by atoms with E-state index in [0.29, 0.717) is 0 Å². The molecule has 0 amide bonds. The summed E-state index contributed by atoms with van der Waals surface area (Å²) in [6.07, 6.45) is 0. The van der Waals surface area contributed by atoms with Gasteiger partial charge in [0.05, 0.1) is 5.69 Å². The number of hydrogen-bond donors (Lipinski definition) is 1. The van der Waals surface area contributed by atoms with Gasteiger partial charge in [-0.3, -0.25) is 4.79 Å². The topological polar surface area (TPSA) is 45.8 Å². The molecule has 88 valence electrons. The van der Waals surface area contributed by atoms with Crippen molar-refractivity contribution in [2.75, 3.05) is 0 Å². The first kappa shape index (κ1) is 11.6. The van der Waals surface area contributed by atoms with Crippen LogP contribution in [0.15, 0.2) is 35.1 Å². The SMILES string of the molecule is Cc1ccc(-c2cc(=O)[nH]c(C(C)C)n2)cc1.